The lowest BCUT2D eigenvalue weighted by molar-refractivity contribution is 0.0945. The largest absolute Gasteiger partial charge is 0.346 e. The summed E-state index contributed by atoms with van der Waals surface area (Å²) >= 11 is 0. The van der Waals surface area contributed by atoms with Crippen molar-refractivity contribution in [3.63, 3.8) is 0 Å². The molecule has 0 aliphatic heterocycles. The molecule has 35 heavy (non-hydrogen) atoms. The molecule has 0 bridgehead atoms. The average molecular weight is 459 g/mol. The normalized spacial score (nSPS) is 14.3. The van der Waals surface area contributed by atoms with Gasteiger partial charge in [-0.15, -0.1) is 0 Å². The molecular weight excluding hydrogens is 441 g/mol. The van der Waals surface area contributed by atoms with E-state index in [0.717, 1.165) is 33.2 Å². The molecule has 6 aromatic rings. The summed E-state index contributed by atoms with van der Waals surface area (Å²) in [6.45, 7) is 0. The van der Waals surface area contributed by atoms with E-state index in [1.165, 1.54) is 12.1 Å². The first-order valence-corrected chi connectivity index (χ1v) is 11.3. The van der Waals surface area contributed by atoms with Crippen LogP contribution in [0.5, 0.6) is 0 Å². The second-order valence-corrected chi connectivity index (χ2v) is 8.61. The molecule has 0 radical (unpaired) electrons. The zero-order valence-electron chi connectivity index (χ0n) is 18.3. The second-order valence-electron chi connectivity index (χ2n) is 8.61. The van der Waals surface area contributed by atoms with E-state index in [0.29, 0.717) is 28.1 Å². The highest BCUT2D eigenvalue weighted by atomic mass is 19.1. The van der Waals surface area contributed by atoms with Gasteiger partial charge in [-0.25, -0.2) is 14.4 Å². The number of pyridine rings is 1. The number of nitrogens with zero attached hydrogens (tertiary/aromatic N) is 2. The molecule has 3 aromatic carbocycles. The van der Waals surface area contributed by atoms with Crippen molar-refractivity contribution in [3.8, 4) is 22.5 Å². The highest BCUT2D eigenvalue weighted by Crippen LogP contribution is 2.47. The van der Waals surface area contributed by atoms with Gasteiger partial charge in [-0.2, -0.15) is 0 Å². The third-order valence-electron chi connectivity index (χ3n) is 6.63. The maximum atomic E-state index is 13.8. The lowest BCUT2D eigenvalue weighted by Gasteiger charge is -2.16. The van der Waals surface area contributed by atoms with E-state index in [2.05, 4.69) is 26.3 Å². The molecule has 3 aromatic heterocycles. The van der Waals surface area contributed by atoms with Gasteiger partial charge in [0.2, 0.25) is 0 Å². The lowest BCUT2D eigenvalue weighted by atomic mass is 9.98. The minimum atomic E-state index is -0.322. The van der Waals surface area contributed by atoms with E-state index < -0.39 is 0 Å². The molecule has 1 aliphatic carbocycles. The first-order valence-electron chi connectivity index (χ1n) is 11.3. The van der Waals surface area contributed by atoms with E-state index >= 15 is 0 Å². The van der Waals surface area contributed by atoms with Gasteiger partial charge in [-0.1, -0.05) is 42.5 Å². The predicted octanol–water partition coefficient (Wildman–Crippen LogP) is 5.75. The van der Waals surface area contributed by atoms with Crippen molar-refractivity contribution in [2.24, 2.45) is 0 Å². The number of amides is 1. The van der Waals surface area contributed by atoms with Crippen LogP contribution in [-0.2, 0) is 0 Å². The summed E-state index contributed by atoms with van der Waals surface area (Å²) in [5.74, 6) is 0.174. The van der Waals surface area contributed by atoms with Gasteiger partial charge in [-0.3, -0.25) is 4.79 Å². The van der Waals surface area contributed by atoms with Crippen molar-refractivity contribution in [3.05, 3.63) is 108 Å². The molecule has 6 nitrogen and oxygen atoms in total. The Hall–Kier alpha value is -4.78. The SMILES string of the molecule is O=C(N[C@@H]1c2ccccc2-c2c(-c3nc4ccc(F)cc4[nH]3)cccc21)c1ccnc2[nH]ccc12. The maximum Gasteiger partial charge on any atom is 0.252 e. The van der Waals surface area contributed by atoms with Crippen LogP contribution in [0.3, 0.4) is 0 Å². The number of H-pyrrole nitrogens is 2. The quantitative estimate of drug-likeness (QED) is 0.315. The third-order valence-corrected chi connectivity index (χ3v) is 6.63. The summed E-state index contributed by atoms with van der Waals surface area (Å²) < 4.78 is 13.8. The summed E-state index contributed by atoms with van der Waals surface area (Å²) in [6.07, 6.45) is 3.41. The fraction of sp³-hybridized carbons (Fsp3) is 0.0357. The molecule has 1 aliphatic rings. The topological polar surface area (TPSA) is 86.5 Å². The van der Waals surface area contributed by atoms with Crippen LogP contribution in [0.4, 0.5) is 4.39 Å². The number of imidazole rings is 1. The zero-order chi connectivity index (χ0) is 23.5. The van der Waals surface area contributed by atoms with Crippen LogP contribution < -0.4 is 5.32 Å². The zero-order valence-corrected chi connectivity index (χ0v) is 18.3. The Bertz CT molecular complexity index is 1780. The van der Waals surface area contributed by atoms with Gasteiger partial charge in [0.15, 0.2) is 0 Å². The Morgan fingerprint density at radius 3 is 2.74 bits per heavy atom. The van der Waals surface area contributed by atoms with Crippen molar-refractivity contribution in [1.29, 1.82) is 0 Å². The number of rotatable bonds is 3. The number of hydrogen-bond acceptors (Lipinski definition) is 3. The number of hydrogen-bond donors (Lipinski definition) is 3. The second kappa shape index (κ2) is 7.36. The van der Waals surface area contributed by atoms with Crippen molar-refractivity contribution in [2.75, 3.05) is 0 Å². The summed E-state index contributed by atoms with van der Waals surface area (Å²) in [7, 11) is 0. The van der Waals surface area contributed by atoms with Gasteiger partial charge >= 0.3 is 0 Å². The van der Waals surface area contributed by atoms with E-state index in [1.54, 1.807) is 24.5 Å². The van der Waals surface area contributed by atoms with Crippen LogP contribution in [0.25, 0.3) is 44.6 Å². The lowest BCUT2D eigenvalue weighted by Crippen LogP contribution is -2.28. The number of fused-ring (bicyclic) bond motifs is 5. The van der Waals surface area contributed by atoms with Gasteiger partial charge in [0.1, 0.15) is 17.3 Å². The van der Waals surface area contributed by atoms with Crippen molar-refractivity contribution < 1.29 is 9.18 Å². The molecule has 7 heteroatoms. The minimum Gasteiger partial charge on any atom is -0.346 e. The van der Waals surface area contributed by atoms with Gasteiger partial charge < -0.3 is 15.3 Å². The van der Waals surface area contributed by atoms with Gasteiger partial charge in [0, 0.05) is 23.3 Å². The fourth-order valence-electron chi connectivity index (χ4n) is 5.09. The summed E-state index contributed by atoms with van der Waals surface area (Å²) in [6, 6.07) is 21.8. The molecular formula is C28H18FN5O. The number of benzene rings is 3. The Kier molecular flexibility index (Phi) is 4.14. The van der Waals surface area contributed by atoms with Crippen LogP contribution in [0.1, 0.15) is 27.5 Å². The Balaban J connectivity index is 1.36. The van der Waals surface area contributed by atoms with Crippen LogP contribution in [-0.4, -0.2) is 25.8 Å². The molecule has 3 heterocycles. The summed E-state index contributed by atoms with van der Waals surface area (Å²) in [5.41, 5.74) is 7.54. The van der Waals surface area contributed by atoms with E-state index in [1.807, 2.05) is 42.5 Å². The molecule has 1 amide bonds. The smallest absolute Gasteiger partial charge is 0.252 e. The molecule has 0 unspecified atom stereocenters. The summed E-state index contributed by atoms with van der Waals surface area (Å²) in [4.78, 5) is 28.8. The highest BCUT2D eigenvalue weighted by Gasteiger charge is 2.32. The highest BCUT2D eigenvalue weighted by molar-refractivity contribution is 6.06. The molecule has 0 spiro atoms. The van der Waals surface area contributed by atoms with Crippen molar-refractivity contribution >= 4 is 28.0 Å². The first kappa shape index (κ1) is 19.7. The Labute approximate surface area is 198 Å². The Morgan fingerprint density at radius 1 is 0.943 bits per heavy atom. The van der Waals surface area contributed by atoms with E-state index in [9.17, 15) is 9.18 Å². The van der Waals surface area contributed by atoms with Gasteiger partial charge in [-0.05, 0) is 52.6 Å². The molecule has 0 saturated heterocycles. The molecule has 7 rings (SSSR count). The molecule has 3 N–H and O–H groups in total. The number of halogens is 1. The van der Waals surface area contributed by atoms with E-state index in [-0.39, 0.29) is 17.8 Å². The molecule has 0 saturated carbocycles. The standard InChI is InChI=1S/C28H18FN5O/c29-15-8-9-22-23(14-15)33-27(32-22)21-7-3-6-20-24(21)16-4-1-2-5-17(16)25(20)34-28(35)19-11-13-31-26-18(19)10-12-30-26/h1-14,25H,(H,30,31)(H,32,33)(H,34,35)/t25-/m1/s1. The molecule has 0 fully saturated rings. The summed E-state index contributed by atoms with van der Waals surface area (Å²) in [5, 5.41) is 4.02. The first-order chi connectivity index (χ1) is 17.2. The number of carbonyl (C=O) groups excluding carboxylic acids is 1. The fourth-order valence-corrected chi connectivity index (χ4v) is 5.09. The molecule has 1 atom stereocenters. The van der Waals surface area contributed by atoms with Gasteiger partial charge in [0.05, 0.1) is 22.6 Å². The van der Waals surface area contributed by atoms with Crippen LogP contribution in [0, 0.1) is 5.82 Å². The van der Waals surface area contributed by atoms with Crippen molar-refractivity contribution in [1.82, 2.24) is 25.3 Å². The predicted molar refractivity (Wildman–Crippen MR) is 132 cm³/mol. The van der Waals surface area contributed by atoms with Crippen molar-refractivity contribution in [2.45, 2.75) is 6.04 Å². The number of aromatic amines is 2. The molecule has 168 valence electrons. The van der Waals surface area contributed by atoms with Crippen LogP contribution in [0.2, 0.25) is 0 Å². The number of nitrogens with one attached hydrogen (secondary N) is 3. The minimum absolute atomic E-state index is 0.172. The van der Waals surface area contributed by atoms with Crippen LogP contribution >= 0.6 is 0 Å². The van der Waals surface area contributed by atoms with E-state index in [4.69, 9.17) is 4.98 Å². The van der Waals surface area contributed by atoms with Gasteiger partial charge in [0.25, 0.3) is 5.91 Å². The Morgan fingerprint density at radius 2 is 1.80 bits per heavy atom. The number of carbonyl (C=O) groups is 1. The number of aromatic nitrogens is 4. The average Bonchev–Trinajstić information content (AvgIpc) is 3.60. The van der Waals surface area contributed by atoms with Crippen LogP contribution in [0.15, 0.2) is 85.2 Å². The third kappa shape index (κ3) is 2.98. The monoisotopic (exact) mass is 459 g/mol. The maximum absolute atomic E-state index is 13.8.